The lowest BCUT2D eigenvalue weighted by molar-refractivity contribution is 0.189. The van der Waals surface area contributed by atoms with Gasteiger partial charge < -0.3 is 9.74 Å². The Morgan fingerprint density at radius 1 is 1.12 bits per heavy atom. The molecule has 0 aromatic heterocycles. The van der Waals surface area contributed by atoms with Gasteiger partial charge in [0, 0.05) is 13.1 Å². The van der Waals surface area contributed by atoms with E-state index in [1.165, 1.54) is 19.3 Å². The van der Waals surface area contributed by atoms with Crippen molar-refractivity contribution >= 4 is 5.84 Å². The molecule has 4 nitrogen and oxygen atoms in total. The van der Waals surface area contributed by atoms with Crippen LogP contribution in [0, 0.1) is 0 Å². The van der Waals surface area contributed by atoms with Crippen LogP contribution in [0.25, 0.3) is 0 Å². The van der Waals surface area contributed by atoms with Gasteiger partial charge in [0.05, 0.1) is 5.56 Å². The molecule has 1 fully saturated rings. The molecule has 0 bridgehead atoms. The summed E-state index contributed by atoms with van der Waals surface area (Å²) in [6.07, 6.45) is 3.83. The van der Waals surface area contributed by atoms with E-state index in [0.29, 0.717) is 0 Å². The summed E-state index contributed by atoms with van der Waals surface area (Å²) in [5.74, 6) is 1.87. The SMILES string of the molecule is c1ccc2c(c1)ONN=C2N1CCCCC1. The topological polar surface area (TPSA) is 36.9 Å². The lowest BCUT2D eigenvalue weighted by Gasteiger charge is -2.31. The maximum Gasteiger partial charge on any atom is 0.168 e. The molecule has 0 saturated carbocycles. The Hall–Kier alpha value is -1.71. The average Bonchev–Trinajstić information content (AvgIpc) is 2.39. The number of amidine groups is 1. The van der Waals surface area contributed by atoms with E-state index in [0.717, 1.165) is 30.2 Å². The number of benzene rings is 1. The molecule has 0 unspecified atom stereocenters. The number of hydrogen-bond donors (Lipinski definition) is 1. The van der Waals surface area contributed by atoms with E-state index in [1.54, 1.807) is 0 Å². The molecule has 3 rings (SSSR count). The monoisotopic (exact) mass is 217 g/mol. The molecule has 0 atom stereocenters. The van der Waals surface area contributed by atoms with Gasteiger partial charge in [-0.05, 0) is 31.4 Å². The zero-order valence-electron chi connectivity index (χ0n) is 9.15. The Morgan fingerprint density at radius 3 is 2.81 bits per heavy atom. The molecule has 0 radical (unpaired) electrons. The molecule has 1 aromatic rings. The molecule has 2 aliphatic heterocycles. The molecule has 16 heavy (non-hydrogen) atoms. The summed E-state index contributed by atoms with van der Waals surface area (Å²) in [4.78, 5) is 7.61. The summed E-state index contributed by atoms with van der Waals surface area (Å²) < 4.78 is 0. The first-order chi connectivity index (χ1) is 7.95. The number of hydrogen-bond acceptors (Lipinski definition) is 4. The second kappa shape index (κ2) is 4.04. The number of fused-ring (bicyclic) bond motifs is 1. The van der Waals surface area contributed by atoms with Gasteiger partial charge in [-0.15, -0.1) is 10.7 Å². The van der Waals surface area contributed by atoms with Crippen LogP contribution in [0.15, 0.2) is 29.4 Å². The van der Waals surface area contributed by atoms with Gasteiger partial charge in [-0.25, -0.2) is 0 Å². The highest BCUT2D eigenvalue weighted by Gasteiger charge is 2.22. The molecule has 0 amide bonds. The van der Waals surface area contributed by atoms with Gasteiger partial charge in [0.25, 0.3) is 0 Å². The third kappa shape index (κ3) is 1.60. The zero-order valence-corrected chi connectivity index (χ0v) is 9.15. The molecule has 4 heteroatoms. The summed E-state index contributed by atoms with van der Waals surface area (Å²) in [7, 11) is 0. The van der Waals surface area contributed by atoms with Crippen LogP contribution in [0.1, 0.15) is 24.8 Å². The summed E-state index contributed by atoms with van der Waals surface area (Å²) >= 11 is 0. The van der Waals surface area contributed by atoms with E-state index in [2.05, 4.69) is 21.7 Å². The highest BCUT2D eigenvalue weighted by atomic mass is 16.7. The van der Waals surface area contributed by atoms with E-state index in [-0.39, 0.29) is 0 Å². The second-order valence-electron chi connectivity index (χ2n) is 4.17. The van der Waals surface area contributed by atoms with Gasteiger partial charge in [0.1, 0.15) is 0 Å². The van der Waals surface area contributed by atoms with E-state index in [9.17, 15) is 0 Å². The Kier molecular flexibility index (Phi) is 2.40. The maximum absolute atomic E-state index is 5.28. The van der Waals surface area contributed by atoms with Crippen LogP contribution < -0.4 is 10.4 Å². The van der Waals surface area contributed by atoms with Crippen molar-refractivity contribution in [2.75, 3.05) is 13.1 Å². The first-order valence-corrected chi connectivity index (χ1v) is 5.79. The normalized spacial score (nSPS) is 19.2. The van der Waals surface area contributed by atoms with Gasteiger partial charge in [-0.3, -0.25) is 0 Å². The molecular weight excluding hydrogens is 202 g/mol. The predicted octanol–water partition coefficient (Wildman–Crippen LogP) is 1.73. The number of hydrazone groups is 1. The molecule has 2 aliphatic rings. The highest BCUT2D eigenvalue weighted by Crippen LogP contribution is 2.23. The van der Waals surface area contributed by atoms with E-state index >= 15 is 0 Å². The van der Waals surface area contributed by atoms with Gasteiger partial charge in [0.15, 0.2) is 11.6 Å². The number of nitrogens with zero attached hydrogens (tertiary/aromatic N) is 2. The molecule has 0 aliphatic carbocycles. The Labute approximate surface area is 94.9 Å². The predicted molar refractivity (Wildman–Crippen MR) is 62.2 cm³/mol. The van der Waals surface area contributed by atoms with Crippen molar-refractivity contribution in [3.63, 3.8) is 0 Å². The fourth-order valence-electron chi connectivity index (χ4n) is 2.26. The van der Waals surface area contributed by atoms with Crippen molar-refractivity contribution < 1.29 is 4.84 Å². The lowest BCUT2D eigenvalue weighted by atomic mass is 10.1. The van der Waals surface area contributed by atoms with Gasteiger partial charge in [-0.2, -0.15) is 0 Å². The minimum Gasteiger partial charge on any atom is -0.364 e. The quantitative estimate of drug-likeness (QED) is 0.719. The van der Waals surface area contributed by atoms with Gasteiger partial charge >= 0.3 is 0 Å². The van der Waals surface area contributed by atoms with Crippen LogP contribution in [0.4, 0.5) is 0 Å². The van der Waals surface area contributed by atoms with E-state index < -0.39 is 0 Å². The molecule has 1 aromatic carbocycles. The first kappa shape index (κ1) is 9.51. The average molecular weight is 217 g/mol. The second-order valence-corrected chi connectivity index (χ2v) is 4.17. The molecule has 84 valence electrons. The van der Waals surface area contributed by atoms with E-state index in [1.807, 2.05) is 18.2 Å². The summed E-state index contributed by atoms with van der Waals surface area (Å²) in [5, 5.41) is 4.26. The van der Waals surface area contributed by atoms with Crippen LogP contribution in [0.3, 0.4) is 0 Å². The minimum atomic E-state index is 0.859. The largest absolute Gasteiger partial charge is 0.364 e. The van der Waals surface area contributed by atoms with E-state index in [4.69, 9.17) is 4.84 Å². The standard InChI is InChI=1S/C12H15N3O/c1-4-8-15(9-5-1)12-10-6-2-3-7-11(10)16-14-13-12/h2-3,6-7,14H,1,4-5,8-9H2. The van der Waals surface area contributed by atoms with Crippen LogP contribution in [0.5, 0.6) is 5.75 Å². The molecule has 1 saturated heterocycles. The smallest absolute Gasteiger partial charge is 0.168 e. The Balaban J connectivity index is 1.92. The molecule has 2 heterocycles. The van der Waals surface area contributed by atoms with Crippen molar-refractivity contribution in [2.45, 2.75) is 19.3 Å². The first-order valence-electron chi connectivity index (χ1n) is 5.79. The molecule has 1 N–H and O–H groups in total. The summed E-state index contributed by atoms with van der Waals surface area (Å²) in [6.45, 7) is 2.18. The number of likely N-dealkylation sites (tertiary alicyclic amines) is 1. The van der Waals surface area contributed by atoms with Crippen LogP contribution in [0.2, 0.25) is 0 Å². The molecule has 0 spiro atoms. The number of nitrogens with one attached hydrogen (secondary N) is 1. The van der Waals surface area contributed by atoms with Crippen molar-refractivity contribution in [3.8, 4) is 5.75 Å². The minimum absolute atomic E-state index is 0.859. The van der Waals surface area contributed by atoms with Crippen LogP contribution in [-0.4, -0.2) is 23.8 Å². The van der Waals surface area contributed by atoms with Gasteiger partial charge in [-0.1, -0.05) is 12.1 Å². The number of rotatable bonds is 0. The third-order valence-corrected chi connectivity index (χ3v) is 3.09. The molecular formula is C12H15N3O. The Morgan fingerprint density at radius 2 is 1.94 bits per heavy atom. The van der Waals surface area contributed by atoms with Crippen molar-refractivity contribution in [1.82, 2.24) is 10.5 Å². The van der Waals surface area contributed by atoms with Crippen molar-refractivity contribution in [1.29, 1.82) is 0 Å². The third-order valence-electron chi connectivity index (χ3n) is 3.09. The fourth-order valence-corrected chi connectivity index (χ4v) is 2.26. The Bertz CT molecular complexity index is 410. The summed E-state index contributed by atoms with van der Waals surface area (Å²) in [5.41, 5.74) is 3.72. The summed E-state index contributed by atoms with van der Waals surface area (Å²) in [6, 6.07) is 8.01. The lowest BCUT2D eigenvalue weighted by Crippen LogP contribution is -2.39. The van der Waals surface area contributed by atoms with Gasteiger partial charge in [0.2, 0.25) is 0 Å². The van der Waals surface area contributed by atoms with Crippen molar-refractivity contribution in [3.05, 3.63) is 29.8 Å². The van der Waals surface area contributed by atoms with Crippen LogP contribution in [-0.2, 0) is 0 Å². The maximum atomic E-state index is 5.28. The number of para-hydroxylation sites is 1. The van der Waals surface area contributed by atoms with Crippen molar-refractivity contribution in [2.24, 2.45) is 5.10 Å². The highest BCUT2D eigenvalue weighted by molar-refractivity contribution is 6.01. The fraction of sp³-hybridized carbons (Fsp3) is 0.417. The number of piperidine rings is 1. The van der Waals surface area contributed by atoms with Crippen LogP contribution >= 0.6 is 0 Å². The zero-order chi connectivity index (χ0) is 10.8.